The molecule has 1 aromatic rings. The molecule has 2 N–H and O–H groups in total. The highest BCUT2D eigenvalue weighted by Gasteiger charge is 2.43. The normalized spacial score (nSPS) is 18.2. The number of carbonyl (C=O) groups is 2. The van der Waals surface area contributed by atoms with Gasteiger partial charge in [-0.1, -0.05) is 25.0 Å². The maximum Gasteiger partial charge on any atom is 0.310 e. The highest BCUT2D eigenvalue weighted by atomic mass is 19.1. The summed E-state index contributed by atoms with van der Waals surface area (Å²) in [5.41, 5.74) is -0.259. The summed E-state index contributed by atoms with van der Waals surface area (Å²) in [6, 6.07) is 5.68. The molecule has 21 heavy (non-hydrogen) atoms. The van der Waals surface area contributed by atoms with Crippen LogP contribution < -0.4 is 5.32 Å². The minimum Gasteiger partial charge on any atom is -0.481 e. The maximum atomic E-state index is 13.2. The molecule has 2 rings (SSSR count). The van der Waals surface area contributed by atoms with E-state index in [1.165, 1.54) is 12.1 Å². The van der Waals surface area contributed by atoms with Gasteiger partial charge in [-0.25, -0.2) is 4.39 Å². The Morgan fingerprint density at radius 2 is 2.05 bits per heavy atom. The molecule has 1 fully saturated rings. The topological polar surface area (TPSA) is 66.4 Å². The van der Waals surface area contributed by atoms with E-state index >= 15 is 0 Å². The molecule has 0 radical (unpaired) electrons. The highest BCUT2D eigenvalue weighted by Crippen LogP contribution is 2.41. The third kappa shape index (κ3) is 3.60. The Labute approximate surface area is 123 Å². The fraction of sp³-hybridized carbons (Fsp3) is 0.500. The van der Waals surface area contributed by atoms with Gasteiger partial charge in [0.25, 0.3) is 0 Å². The molecule has 5 heteroatoms. The number of benzene rings is 1. The van der Waals surface area contributed by atoms with Gasteiger partial charge in [0, 0.05) is 6.42 Å². The average Bonchev–Trinajstić information content (AvgIpc) is 2.88. The molecule has 1 amide bonds. The number of carbonyl (C=O) groups excluding carboxylic acids is 1. The summed E-state index contributed by atoms with van der Waals surface area (Å²) in [7, 11) is 0. The standard InChI is InChI=1S/C16H20FNO3/c1-11(12-5-4-6-13(17)9-12)18-14(19)10-16(15(20)21)7-2-3-8-16/h4-6,9,11H,2-3,7-8,10H2,1H3,(H,18,19)(H,20,21). The molecule has 1 atom stereocenters. The monoisotopic (exact) mass is 293 g/mol. The largest absolute Gasteiger partial charge is 0.481 e. The van der Waals surface area contributed by atoms with Gasteiger partial charge in [-0.2, -0.15) is 0 Å². The molecular weight excluding hydrogens is 273 g/mol. The van der Waals surface area contributed by atoms with Gasteiger partial charge >= 0.3 is 5.97 Å². The van der Waals surface area contributed by atoms with E-state index in [2.05, 4.69) is 5.32 Å². The second-order valence-corrected chi connectivity index (χ2v) is 5.81. The number of rotatable bonds is 5. The number of hydrogen-bond acceptors (Lipinski definition) is 2. The molecule has 0 saturated heterocycles. The molecular formula is C16H20FNO3. The number of carboxylic acid groups (broad SMARTS) is 1. The Morgan fingerprint density at radius 3 is 2.62 bits per heavy atom. The lowest BCUT2D eigenvalue weighted by Gasteiger charge is -2.24. The maximum absolute atomic E-state index is 13.2. The lowest BCUT2D eigenvalue weighted by atomic mass is 9.82. The van der Waals surface area contributed by atoms with E-state index in [1.54, 1.807) is 19.1 Å². The van der Waals surface area contributed by atoms with Gasteiger partial charge in [-0.15, -0.1) is 0 Å². The van der Waals surface area contributed by atoms with E-state index in [1.807, 2.05) is 0 Å². The molecule has 1 aliphatic rings. The van der Waals surface area contributed by atoms with E-state index in [0.717, 1.165) is 12.8 Å². The van der Waals surface area contributed by atoms with E-state index in [4.69, 9.17) is 0 Å². The van der Waals surface area contributed by atoms with Gasteiger partial charge in [0.15, 0.2) is 0 Å². The van der Waals surface area contributed by atoms with Crippen LogP contribution in [0.15, 0.2) is 24.3 Å². The van der Waals surface area contributed by atoms with Gasteiger partial charge in [0.2, 0.25) is 5.91 Å². The van der Waals surface area contributed by atoms with Gasteiger partial charge in [0.05, 0.1) is 11.5 Å². The van der Waals surface area contributed by atoms with E-state index in [9.17, 15) is 19.1 Å². The summed E-state index contributed by atoms with van der Waals surface area (Å²) in [6.45, 7) is 1.76. The molecule has 0 spiro atoms. The van der Waals surface area contributed by atoms with Crippen molar-refractivity contribution >= 4 is 11.9 Å². The van der Waals surface area contributed by atoms with Crippen molar-refractivity contribution in [2.24, 2.45) is 5.41 Å². The molecule has 0 bridgehead atoms. The first kappa shape index (κ1) is 15.5. The Bertz CT molecular complexity index is 538. The molecule has 1 aliphatic carbocycles. The number of hydrogen-bond donors (Lipinski definition) is 2. The Kier molecular flexibility index (Phi) is 4.60. The van der Waals surface area contributed by atoms with Gasteiger partial charge < -0.3 is 10.4 Å². The van der Waals surface area contributed by atoms with Crippen molar-refractivity contribution in [1.82, 2.24) is 5.32 Å². The van der Waals surface area contributed by atoms with Crippen LogP contribution in [-0.4, -0.2) is 17.0 Å². The molecule has 1 unspecified atom stereocenters. The minimum absolute atomic E-state index is 0.0119. The zero-order chi connectivity index (χ0) is 15.5. The smallest absolute Gasteiger partial charge is 0.310 e. The summed E-state index contributed by atoms with van der Waals surface area (Å²) in [4.78, 5) is 23.5. The fourth-order valence-corrected chi connectivity index (χ4v) is 2.98. The summed E-state index contributed by atoms with van der Waals surface area (Å²) < 4.78 is 13.2. The minimum atomic E-state index is -0.925. The van der Waals surface area contributed by atoms with Gasteiger partial charge in [-0.3, -0.25) is 9.59 Å². The van der Waals surface area contributed by atoms with Crippen LogP contribution in [0.4, 0.5) is 4.39 Å². The predicted octanol–water partition coefficient (Wildman–Crippen LogP) is 3.04. The lowest BCUT2D eigenvalue weighted by molar-refractivity contribution is -0.151. The third-order valence-corrected chi connectivity index (χ3v) is 4.24. The van der Waals surface area contributed by atoms with Crippen molar-refractivity contribution in [3.63, 3.8) is 0 Å². The van der Waals surface area contributed by atoms with Crippen molar-refractivity contribution in [2.75, 3.05) is 0 Å². The van der Waals surface area contributed by atoms with E-state index in [-0.39, 0.29) is 24.2 Å². The van der Waals surface area contributed by atoms with Gasteiger partial charge in [0.1, 0.15) is 5.82 Å². The molecule has 1 aromatic carbocycles. The van der Waals surface area contributed by atoms with Crippen LogP contribution in [0.1, 0.15) is 50.6 Å². The average molecular weight is 293 g/mol. The van der Waals surface area contributed by atoms with Crippen molar-refractivity contribution in [3.8, 4) is 0 Å². The summed E-state index contributed by atoms with van der Waals surface area (Å²) in [5, 5.41) is 12.1. The van der Waals surface area contributed by atoms with E-state index in [0.29, 0.717) is 18.4 Å². The van der Waals surface area contributed by atoms with Crippen LogP contribution in [0.3, 0.4) is 0 Å². The van der Waals surface area contributed by atoms with Gasteiger partial charge in [-0.05, 0) is 37.5 Å². The zero-order valence-corrected chi connectivity index (χ0v) is 12.1. The van der Waals surface area contributed by atoms with Crippen molar-refractivity contribution in [2.45, 2.75) is 45.1 Å². The van der Waals surface area contributed by atoms with Crippen LogP contribution >= 0.6 is 0 Å². The third-order valence-electron chi connectivity index (χ3n) is 4.24. The van der Waals surface area contributed by atoms with Crippen LogP contribution in [0.25, 0.3) is 0 Å². The number of carboxylic acids is 1. The lowest BCUT2D eigenvalue weighted by Crippen LogP contribution is -2.36. The van der Waals surface area contributed by atoms with Crippen molar-refractivity contribution in [3.05, 3.63) is 35.6 Å². The molecule has 0 aliphatic heterocycles. The number of aliphatic carboxylic acids is 1. The first-order valence-corrected chi connectivity index (χ1v) is 7.21. The number of halogens is 1. The summed E-state index contributed by atoms with van der Waals surface area (Å²) in [6.07, 6.45) is 2.77. The summed E-state index contributed by atoms with van der Waals surface area (Å²) >= 11 is 0. The highest BCUT2D eigenvalue weighted by molar-refractivity contribution is 5.85. The first-order chi connectivity index (χ1) is 9.93. The first-order valence-electron chi connectivity index (χ1n) is 7.21. The second kappa shape index (κ2) is 6.24. The van der Waals surface area contributed by atoms with Crippen LogP contribution in [0, 0.1) is 11.2 Å². The number of amides is 1. The van der Waals surface area contributed by atoms with E-state index < -0.39 is 11.4 Å². The summed E-state index contributed by atoms with van der Waals surface area (Å²) in [5.74, 6) is -1.55. The molecule has 114 valence electrons. The Balaban J connectivity index is 1.99. The Morgan fingerprint density at radius 1 is 1.38 bits per heavy atom. The van der Waals surface area contributed by atoms with Crippen LogP contribution in [0.5, 0.6) is 0 Å². The molecule has 1 saturated carbocycles. The quantitative estimate of drug-likeness (QED) is 0.877. The Hall–Kier alpha value is -1.91. The molecule has 0 aromatic heterocycles. The van der Waals surface area contributed by atoms with Crippen LogP contribution in [0.2, 0.25) is 0 Å². The van der Waals surface area contributed by atoms with Crippen molar-refractivity contribution in [1.29, 1.82) is 0 Å². The van der Waals surface area contributed by atoms with Crippen LogP contribution in [-0.2, 0) is 9.59 Å². The zero-order valence-electron chi connectivity index (χ0n) is 12.1. The second-order valence-electron chi connectivity index (χ2n) is 5.81. The number of nitrogens with one attached hydrogen (secondary N) is 1. The molecule has 4 nitrogen and oxygen atoms in total. The SMILES string of the molecule is CC(NC(=O)CC1(C(=O)O)CCCC1)c1cccc(F)c1. The fourth-order valence-electron chi connectivity index (χ4n) is 2.98. The predicted molar refractivity (Wildman–Crippen MR) is 76.1 cm³/mol. The van der Waals surface area contributed by atoms with Crippen molar-refractivity contribution < 1.29 is 19.1 Å². The molecule has 0 heterocycles.